The van der Waals surface area contributed by atoms with Gasteiger partial charge >= 0.3 is 0 Å². The lowest BCUT2D eigenvalue weighted by atomic mass is 9.94. The van der Waals surface area contributed by atoms with Gasteiger partial charge in [0.2, 0.25) is 0 Å². The minimum absolute atomic E-state index is 0.0867. The summed E-state index contributed by atoms with van der Waals surface area (Å²) in [4.78, 5) is 0. The van der Waals surface area contributed by atoms with Gasteiger partial charge in [0.05, 0.1) is 19.3 Å². The summed E-state index contributed by atoms with van der Waals surface area (Å²) in [6.45, 7) is -0.684. The van der Waals surface area contributed by atoms with Crippen LogP contribution in [0.1, 0.15) is 5.56 Å². The summed E-state index contributed by atoms with van der Waals surface area (Å²) in [5.41, 5.74) is 0.935. The number of rotatable bonds is 5. The van der Waals surface area contributed by atoms with Crippen LogP contribution in [-0.2, 0) is 20.6 Å². The van der Waals surface area contributed by atoms with Crippen molar-refractivity contribution in [1.29, 1.82) is 0 Å². The van der Waals surface area contributed by atoms with Crippen LogP contribution in [0.5, 0.6) is 0 Å². The number of hydrogen-bond donors (Lipinski definition) is 6. The van der Waals surface area contributed by atoms with Crippen LogP contribution in [0, 0.1) is 0 Å². The molecule has 0 spiro atoms. The van der Waals surface area contributed by atoms with Gasteiger partial charge in [-0.25, -0.2) is 0 Å². The van der Waals surface area contributed by atoms with Gasteiger partial charge in [-0.1, -0.05) is 30.3 Å². The molecule has 6 N–H and O–H groups in total. The van der Waals surface area contributed by atoms with Crippen LogP contribution in [0.15, 0.2) is 30.3 Å². The molecule has 27 heavy (non-hydrogen) atoms. The Morgan fingerprint density at radius 3 is 2.26 bits per heavy atom. The molecule has 2 saturated heterocycles. The molecule has 2 aliphatic rings. The van der Waals surface area contributed by atoms with Crippen molar-refractivity contribution in [3.05, 3.63) is 35.9 Å². The maximum atomic E-state index is 10.6. The van der Waals surface area contributed by atoms with Crippen molar-refractivity contribution in [2.45, 2.75) is 61.5 Å². The molecule has 2 heterocycles. The summed E-state index contributed by atoms with van der Waals surface area (Å²) in [6, 6.07) is 9.36. The molecular formula is C18H26O9. The Kier molecular flexibility index (Phi) is 6.79. The Labute approximate surface area is 156 Å². The van der Waals surface area contributed by atoms with Crippen molar-refractivity contribution in [2.24, 2.45) is 0 Å². The summed E-state index contributed by atoms with van der Waals surface area (Å²) in [5.74, 6) is 0. The smallest absolute Gasteiger partial charge is 0.187 e. The maximum Gasteiger partial charge on any atom is 0.187 e. The van der Waals surface area contributed by atoms with Crippen molar-refractivity contribution in [1.82, 2.24) is 0 Å². The van der Waals surface area contributed by atoms with Gasteiger partial charge in [0.1, 0.15) is 42.7 Å². The van der Waals surface area contributed by atoms with Crippen molar-refractivity contribution < 1.29 is 44.8 Å². The van der Waals surface area contributed by atoms with E-state index >= 15 is 0 Å². The number of aliphatic hydroxyl groups excluding tert-OH is 6. The third kappa shape index (κ3) is 4.48. The van der Waals surface area contributed by atoms with Gasteiger partial charge in [0.25, 0.3) is 0 Å². The topological polar surface area (TPSA) is 149 Å². The molecule has 0 unspecified atom stereocenters. The van der Waals surface area contributed by atoms with Crippen molar-refractivity contribution in [3.63, 3.8) is 0 Å². The number of hydrogen-bond acceptors (Lipinski definition) is 9. The molecule has 0 bridgehead atoms. The van der Waals surface area contributed by atoms with Gasteiger partial charge in [-0.2, -0.15) is 0 Å². The zero-order valence-corrected chi connectivity index (χ0v) is 14.6. The number of benzene rings is 1. The van der Waals surface area contributed by atoms with Crippen molar-refractivity contribution in [2.75, 3.05) is 13.2 Å². The predicted molar refractivity (Wildman–Crippen MR) is 90.5 cm³/mol. The summed E-state index contributed by atoms with van der Waals surface area (Å²) in [5, 5.41) is 59.8. The van der Waals surface area contributed by atoms with Gasteiger partial charge in [-0.05, 0) is 5.56 Å². The van der Waals surface area contributed by atoms with Gasteiger partial charge < -0.3 is 44.8 Å². The molecule has 0 aliphatic carbocycles. The third-order valence-corrected chi connectivity index (χ3v) is 5.00. The zero-order chi connectivity index (χ0) is 19.6. The van der Waals surface area contributed by atoms with E-state index in [4.69, 9.17) is 14.2 Å². The first-order valence-corrected chi connectivity index (χ1v) is 8.90. The fourth-order valence-electron chi connectivity index (χ4n) is 3.39. The Balaban J connectivity index is 1.68. The summed E-state index contributed by atoms with van der Waals surface area (Å²) in [6.07, 6.45) is -11.1. The van der Waals surface area contributed by atoms with Crippen LogP contribution < -0.4 is 0 Å². The maximum absolute atomic E-state index is 10.6. The molecular weight excluding hydrogens is 360 g/mol. The molecule has 0 amide bonds. The zero-order valence-electron chi connectivity index (χ0n) is 14.6. The molecule has 9 heteroatoms. The molecule has 0 saturated carbocycles. The van der Waals surface area contributed by atoms with Crippen LogP contribution in [0.4, 0.5) is 0 Å². The average Bonchev–Trinajstić information content (AvgIpc) is 2.68. The molecule has 1 aromatic rings. The highest BCUT2D eigenvalue weighted by molar-refractivity contribution is 5.16. The lowest BCUT2D eigenvalue weighted by Crippen LogP contribution is -2.62. The molecule has 1 aromatic carbocycles. The lowest BCUT2D eigenvalue weighted by Gasteiger charge is -2.44. The van der Waals surface area contributed by atoms with E-state index in [1.165, 1.54) is 0 Å². The molecule has 9 nitrogen and oxygen atoms in total. The highest BCUT2D eigenvalue weighted by atomic mass is 16.7. The predicted octanol–water partition coefficient (Wildman–Crippen LogP) is -2.47. The Bertz CT molecular complexity index is 583. The largest absolute Gasteiger partial charge is 0.394 e. The minimum atomic E-state index is -1.61. The van der Waals surface area contributed by atoms with Crippen LogP contribution in [0.2, 0.25) is 0 Å². The first-order valence-electron chi connectivity index (χ1n) is 8.90. The van der Waals surface area contributed by atoms with Crippen molar-refractivity contribution in [3.8, 4) is 0 Å². The molecule has 9 atom stereocenters. The molecule has 152 valence electrons. The fraction of sp³-hybridized carbons (Fsp3) is 0.667. The van der Waals surface area contributed by atoms with Gasteiger partial charge in [-0.15, -0.1) is 0 Å². The van der Waals surface area contributed by atoms with E-state index in [9.17, 15) is 30.6 Å². The first-order chi connectivity index (χ1) is 12.9. The second kappa shape index (κ2) is 8.91. The van der Waals surface area contributed by atoms with E-state index < -0.39 is 61.7 Å². The Morgan fingerprint density at radius 2 is 1.59 bits per heavy atom. The Hall–Kier alpha value is -1.14. The van der Waals surface area contributed by atoms with Crippen molar-refractivity contribution >= 4 is 0 Å². The summed E-state index contributed by atoms with van der Waals surface area (Å²) < 4.78 is 16.4. The van der Waals surface area contributed by atoms with Crippen LogP contribution in [-0.4, -0.2) is 99.0 Å². The molecule has 2 aliphatic heterocycles. The van der Waals surface area contributed by atoms with Crippen LogP contribution >= 0.6 is 0 Å². The monoisotopic (exact) mass is 386 g/mol. The highest BCUT2D eigenvalue weighted by Crippen LogP contribution is 2.28. The van der Waals surface area contributed by atoms with Crippen LogP contribution in [0.3, 0.4) is 0 Å². The van der Waals surface area contributed by atoms with E-state index in [-0.39, 0.29) is 6.61 Å². The SMILES string of the molecule is OC[C@H]1O[C@@H](O[C@@H]2[C@@H](O)[C@H](Cc3ccccc3)OC[C@H]2O)[C@H](O)[C@@H](O)[C@H]1O. The average molecular weight is 386 g/mol. The molecule has 0 radical (unpaired) electrons. The van der Waals surface area contributed by atoms with E-state index in [0.717, 1.165) is 5.56 Å². The van der Waals surface area contributed by atoms with E-state index in [1.54, 1.807) is 0 Å². The summed E-state index contributed by atoms with van der Waals surface area (Å²) >= 11 is 0. The summed E-state index contributed by atoms with van der Waals surface area (Å²) in [7, 11) is 0. The quantitative estimate of drug-likeness (QED) is 0.324. The van der Waals surface area contributed by atoms with Gasteiger partial charge in [-0.3, -0.25) is 0 Å². The van der Waals surface area contributed by atoms with E-state index in [1.807, 2.05) is 30.3 Å². The standard InChI is InChI=1S/C18H26O9/c19-7-12-13(21)15(23)16(24)18(26-12)27-17-10(20)8-25-11(14(17)22)6-9-4-2-1-3-5-9/h1-5,10-24H,6-8H2/t10-,11+,12-,13+,14+,15+,16-,17+,18+/m1/s1. The minimum Gasteiger partial charge on any atom is -0.394 e. The molecule has 2 fully saturated rings. The van der Waals surface area contributed by atoms with E-state index in [2.05, 4.69) is 0 Å². The molecule has 0 aromatic heterocycles. The number of ether oxygens (including phenoxy) is 3. The van der Waals surface area contributed by atoms with Gasteiger partial charge in [0, 0.05) is 6.42 Å². The second-order valence-electron chi connectivity index (χ2n) is 6.92. The normalized spacial score (nSPS) is 42.8. The number of aliphatic hydroxyl groups is 6. The second-order valence-corrected chi connectivity index (χ2v) is 6.92. The molecule has 3 rings (SSSR count). The van der Waals surface area contributed by atoms with E-state index in [0.29, 0.717) is 6.42 Å². The van der Waals surface area contributed by atoms with Gasteiger partial charge in [0.15, 0.2) is 6.29 Å². The highest BCUT2D eigenvalue weighted by Gasteiger charge is 2.48. The lowest BCUT2D eigenvalue weighted by molar-refractivity contribution is -0.334. The fourth-order valence-corrected chi connectivity index (χ4v) is 3.39. The van der Waals surface area contributed by atoms with Crippen LogP contribution in [0.25, 0.3) is 0 Å². The Morgan fingerprint density at radius 1 is 0.889 bits per heavy atom. The third-order valence-electron chi connectivity index (χ3n) is 5.00. The first kappa shape index (κ1) is 20.6.